The molecule has 232 valence electrons. The van der Waals surface area contributed by atoms with Crippen LogP contribution in [0.5, 0.6) is 23.0 Å². The summed E-state index contributed by atoms with van der Waals surface area (Å²) in [6.07, 6.45) is 0.761. The summed E-state index contributed by atoms with van der Waals surface area (Å²) in [7, 11) is 0. The number of ether oxygens (including phenoxy) is 8. The third-order valence-electron chi connectivity index (χ3n) is 8.50. The second kappa shape index (κ2) is 12.4. The average Bonchev–Trinajstić information content (AvgIpc) is 3.90. The van der Waals surface area contributed by atoms with E-state index in [-0.39, 0.29) is 24.4 Å². The predicted octanol–water partition coefficient (Wildman–Crippen LogP) is 5.18. The molecule has 0 amide bonds. The molecule has 45 heavy (non-hydrogen) atoms. The van der Waals surface area contributed by atoms with Crippen molar-refractivity contribution in [2.75, 3.05) is 52.9 Å². The molecular weight excluding hydrogens is 572 g/mol. The van der Waals surface area contributed by atoms with E-state index in [9.17, 15) is 0 Å². The predicted molar refractivity (Wildman–Crippen MR) is 166 cm³/mol. The van der Waals surface area contributed by atoms with Gasteiger partial charge in [-0.15, -0.1) is 0 Å². The van der Waals surface area contributed by atoms with Gasteiger partial charge in [0.1, 0.15) is 73.8 Å². The first kappa shape index (κ1) is 28.4. The highest BCUT2D eigenvalue weighted by Crippen LogP contribution is 2.46. The molecule has 4 aromatic rings. The number of epoxide rings is 4. The number of rotatable bonds is 16. The van der Waals surface area contributed by atoms with E-state index in [0.717, 1.165) is 71.7 Å². The van der Waals surface area contributed by atoms with Crippen molar-refractivity contribution >= 4 is 0 Å². The quantitative estimate of drug-likeness (QED) is 0.127. The van der Waals surface area contributed by atoms with E-state index in [1.54, 1.807) is 0 Å². The van der Waals surface area contributed by atoms with Crippen molar-refractivity contribution in [1.29, 1.82) is 0 Å². The Balaban J connectivity index is 1.19. The van der Waals surface area contributed by atoms with Gasteiger partial charge < -0.3 is 37.9 Å². The van der Waals surface area contributed by atoms with Crippen molar-refractivity contribution in [2.24, 2.45) is 0 Å². The second-order valence-corrected chi connectivity index (χ2v) is 11.9. The Morgan fingerprint density at radius 3 is 0.756 bits per heavy atom. The lowest BCUT2D eigenvalue weighted by Crippen LogP contribution is -2.31. The Labute approximate surface area is 262 Å². The van der Waals surface area contributed by atoms with Crippen LogP contribution in [0.25, 0.3) is 0 Å². The Hall–Kier alpha value is -4.08. The zero-order valence-corrected chi connectivity index (χ0v) is 25.0. The number of benzene rings is 4. The van der Waals surface area contributed by atoms with Crippen LogP contribution in [0.2, 0.25) is 0 Å². The highest BCUT2D eigenvalue weighted by atomic mass is 16.6. The number of hydrogen-bond acceptors (Lipinski definition) is 8. The summed E-state index contributed by atoms with van der Waals surface area (Å²) in [6.45, 7) is 5.25. The fraction of sp³-hybridized carbons (Fsp3) is 0.351. The highest BCUT2D eigenvalue weighted by Gasteiger charge is 2.39. The maximum absolute atomic E-state index is 6.01. The fourth-order valence-electron chi connectivity index (χ4n) is 5.62. The summed E-state index contributed by atoms with van der Waals surface area (Å²) in [5.74, 6) is 3.25. The Morgan fingerprint density at radius 1 is 0.378 bits per heavy atom. The first-order valence-electron chi connectivity index (χ1n) is 15.6. The van der Waals surface area contributed by atoms with Crippen LogP contribution in [0.4, 0.5) is 0 Å². The third-order valence-corrected chi connectivity index (χ3v) is 8.50. The molecule has 0 bridgehead atoms. The molecule has 0 aromatic heterocycles. The zero-order valence-electron chi connectivity index (χ0n) is 25.0. The van der Waals surface area contributed by atoms with E-state index in [4.69, 9.17) is 37.9 Å². The van der Waals surface area contributed by atoms with Crippen LogP contribution < -0.4 is 18.9 Å². The van der Waals surface area contributed by atoms with Crippen molar-refractivity contribution in [3.8, 4) is 23.0 Å². The molecule has 0 aliphatic carbocycles. The van der Waals surface area contributed by atoms with Gasteiger partial charge in [-0.25, -0.2) is 0 Å². The molecule has 4 aromatic carbocycles. The van der Waals surface area contributed by atoms with Gasteiger partial charge in [-0.1, -0.05) is 48.5 Å². The maximum atomic E-state index is 6.01. The normalized spacial score (nSPS) is 23.8. The van der Waals surface area contributed by atoms with Crippen LogP contribution >= 0.6 is 0 Å². The smallest absolute Gasteiger partial charge is 0.119 e. The lowest BCUT2D eigenvalue weighted by Gasteiger charge is -2.37. The van der Waals surface area contributed by atoms with E-state index < -0.39 is 5.41 Å². The van der Waals surface area contributed by atoms with Crippen LogP contribution in [0.15, 0.2) is 97.1 Å². The van der Waals surface area contributed by atoms with Crippen LogP contribution in [0, 0.1) is 0 Å². The molecule has 0 saturated carbocycles. The van der Waals surface area contributed by atoms with Crippen LogP contribution in [0.3, 0.4) is 0 Å². The highest BCUT2D eigenvalue weighted by molar-refractivity contribution is 5.61. The molecule has 4 aliphatic rings. The minimum absolute atomic E-state index is 0.190. The molecule has 8 rings (SSSR count). The first-order valence-corrected chi connectivity index (χ1v) is 15.6. The van der Waals surface area contributed by atoms with Gasteiger partial charge in [-0.3, -0.25) is 0 Å². The molecule has 4 fully saturated rings. The summed E-state index contributed by atoms with van der Waals surface area (Å²) < 4.78 is 45.4. The van der Waals surface area contributed by atoms with Gasteiger partial charge in [0.25, 0.3) is 0 Å². The van der Waals surface area contributed by atoms with Gasteiger partial charge in [-0.2, -0.15) is 0 Å². The molecule has 8 heteroatoms. The number of hydrogen-bond donors (Lipinski definition) is 0. The molecule has 4 aliphatic heterocycles. The average molecular weight is 609 g/mol. The molecule has 4 heterocycles. The van der Waals surface area contributed by atoms with E-state index in [1.807, 2.05) is 48.5 Å². The summed E-state index contributed by atoms with van der Waals surface area (Å²) in [5, 5.41) is 0. The van der Waals surface area contributed by atoms with E-state index in [1.165, 1.54) is 0 Å². The molecule has 4 unspecified atom stereocenters. The van der Waals surface area contributed by atoms with Crippen molar-refractivity contribution in [2.45, 2.75) is 29.8 Å². The van der Waals surface area contributed by atoms with Gasteiger partial charge in [0.15, 0.2) is 0 Å². The molecule has 8 nitrogen and oxygen atoms in total. The Morgan fingerprint density at radius 2 is 0.578 bits per heavy atom. The second-order valence-electron chi connectivity index (χ2n) is 11.9. The minimum atomic E-state index is -0.674. The fourth-order valence-corrected chi connectivity index (χ4v) is 5.62. The Kier molecular flexibility index (Phi) is 7.81. The van der Waals surface area contributed by atoms with Gasteiger partial charge >= 0.3 is 0 Å². The monoisotopic (exact) mass is 608 g/mol. The topological polar surface area (TPSA) is 87.0 Å². The maximum Gasteiger partial charge on any atom is 0.119 e. The Bertz CT molecular complexity index is 1310. The summed E-state index contributed by atoms with van der Waals surface area (Å²) >= 11 is 0. The molecule has 4 atom stereocenters. The summed E-state index contributed by atoms with van der Waals surface area (Å²) in [4.78, 5) is 0. The first-order chi connectivity index (χ1) is 22.2. The van der Waals surface area contributed by atoms with Gasteiger partial charge in [-0.05, 0) is 70.8 Å². The lowest BCUT2D eigenvalue weighted by atomic mass is 9.65. The van der Waals surface area contributed by atoms with Crippen molar-refractivity contribution in [3.05, 3.63) is 119 Å². The molecule has 0 radical (unpaired) electrons. The molecule has 0 spiro atoms. The van der Waals surface area contributed by atoms with Gasteiger partial charge in [0.2, 0.25) is 0 Å². The van der Waals surface area contributed by atoms with Crippen LogP contribution in [0.1, 0.15) is 22.3 Å². The van der Waals surface area contributed by atoms with Crippen molar-refractivity contribution in [3.63, 3.8) is 0 Å². The lowest BCUT2D eigenvalue weighted by molar-refractivity contribution is 0.262. The van der Waals surface area contributed by atoms with Crippen LogP contribution in [-0.4, -0.2) is 77.3 Å². The minimum Gasteiger partial charge on any atom is -0.491 e. The SMILES string of the molecule is c1cc(C(c2ccc(OCC3CO3)cc2)(c2ccc(OCC3CO3)cc2)c2ccc(OCC3CO3)cc2)ccc1OCC1CO1. The van der Waals surface area contributed by atoms with E-state index in [2.05, 4.69) is 48.5 Å². The summed E-state index contributed by atoms with van der Waals surface area (Å²) in [6, 6.07) is 33.6. The molecule has 0 N–H and O–H groups in total. The molecule has 4 saturated heterocycles. The van der Waals surface area contributed by atoms with E-state index >= 15 is 0 Å². The van der Waals surface area contributed by atoms with Gasteiger partial charge in [0, 0.05) is 0 Å². The third kappa shape index (κ3) is 6.79. The largest absolute Gasteiger partial charge is 0.491 e. The van der Waals surface area contributed by atoms with Gasteiger partial charge in [0.05, 0.1) is 31.8 Å². The van der Waals surface area contributed by atoms with Crippen LogP contribution in [-0.2, 0) is 24.4 Å². The van der Waals surface area contributed by atoms with E-state index in [0.29, 0.717) is 26.4 Å². The zero-order chi connectivity index (χ0) is 30.1. The van der Waals surface area contributed by atoms with Crippen molar-refractivity contribution < 1.29 is 37.9 Å². The molecular formula is C37H36O8. The standard InChI is InChI=1S/C37H36O8/c1-9-29(38-17-33-21-42-33)10-2-25(1)37(26-3-11-30(12-4-26)39-18-34-22-43-34,27-5-13-31(14-6-27)40-19-35-23-44-35)28-7-15-32(16-8-28)41-20-36-24-45-36/h1-16,33-36H,17-24H2. The van der Waals surface area contributed by atoms with Crippen molar-refractivity contribution in [1.82, 2.24) is 0 Å². The summed E-state index contributed by atoms with van der Waals surface area (Å²) in [5.41, 5.74) is 3.71.